The van der Waals surface area contributed by atoms with Crippen molar-refractivity contribution < 1.29 is 4.74 Å². The smallest absolute Gasteiger partial charge is 0.137 e. The van der Waals surface area contributed by atoms with Crippen molar-refractivity contribution in [2.45, 2.75) is 26.2 Å². The number of hydrogen-bond acceptors (Lipinski definition) is 5. The highest BCUT2D eigenvalue weighted by atomic mass is 16.5. The first kappa shape index (κ1) is 30.1. The number of para-hydroxylation sites is 1. The van der Waals surface area contributed by atoms with E-state index in [9.17, 15) is 0 Å². The molecule has 0 atom stereocenters. The Morgan fingerprint density at radius 1 is 0.681 bits per heavy atom. The molecule has 0 amide bonds. The monoisotopic (exact) mass is 620 g/mol. The summed E-state index contributed by atoms with van der Waals surface area (Å²) in [5, 5.41) is 7.10. The first-order valence-electron chi connectivity index (χ1n) is 15.9. The molecule has 3 aromatic heterocycles. The van der Waals surface area contributed by atoms with E-state index in [0.717, 1.165) is 61.9 Å². The minimum Gasteiger partial charge on any atom is -0.457 e. The maximum Gasteiger partial charge on any atom is 0.137 e. The molecule has 0 fully saturated rings. The van der Waals surface area contributed by atoms with Crippen molar-refractivity contribution in [3.63, 3.8) is 0 Å². The van der Waals surface area contributed by atoms with Crippen molar-refractivity contribution in [2.24, 2.45) is 0 Å². The highest BCUT2D eigenvalue weighted by Crippen LogP contribution is 2.39. The van der Waals surface area contributed by atoms with Gasteiger partial charge in [0.2, 0.25) is 0 Å². The molecule has 0 radical (unpaired) electrons. The van der Waals surface area contributed by atoms with Crippen LogP contribution in [-0.4, -0.2) is 47.5 Å². The molecule has 0 aliphatic rings. The highest BCUT2D eigenvalue weighted by molar-refractivity contribution is 6.09. The summed E-state index contributed by atoms with van der Waals surface area (Å²) in [6, 6.07) is 33.5. The number of ether oxygens (including phenoxy) is 1. The number of anilines is 2. The zero-order valence-electron chi connectivity index (χ0n) is 28.1. The molecule has 0 spiro atoms. The lowest BCUT2D eigenvalue weighted by Crippen LogP contribution is -2.14. The van der Waals surface area contributed by atoms with Gasteiger partial charge >= 0.3 is 0 Å². The number of benzene rings is 4. The third-order valence-electron chi connectivity index (χ3n) is 8.66. The minimum absolute atomic E-state index is 0.00938. The molecule has 7 nitrogen and oxygen atoms in total. The summed E-state index contributed by atoms with van der Waals surface area (Å²) in [5.41, 5.74) is 8.80. The van der Waals surface area contributed by atoms with Crippen molar-refractivity contribution in [3.05, 3.63) is 121 Å². The van der Waals surface area contributed by atoms with Gasteiger partial charge in [-0.3, -0.25) is 4.57 Å². The third-order valence-corrected chi connectivity index (χ3v) is 8.66. The predicted octanol–water partition coefficient (Wildman–Crippen LogP) is 9.25. The maximum absolute atomic E-state index is 6.52. The Morgan fingerprint density at radius 2 is 1.38 bits per heavy atom. The van der Waals surface area contributed by atoms with E-state index in [1.165, 1.54) is 10.9 Å². The van der Waals surface area contributed by atoms with E-state index in [4.69, 9.17) is 14.8 Å². The van der Waals surface area contributed by atoms with E-state index in [0.29, 0.717) is 0 Å². The van der Waals surface area contributed by atoms with Gasteiger partial charge in [0.25, 0.3) is 0 Å². The molecule has 7 aromatic rings. The molecule has 0 unspecified atom stereocenters. The molecule has 0 N–H and O–H groups in total. The maximum atomic E-state index is 6.52. The van der Waals surface area contributed by atoms with E-state index >= 15 is 0 Å². The zero-order valence-corrected chi connectivity index (χ0v) is 28.1. The fourth-order valence-corrected chi connectivity index (χ4v) is 6.26. The third kappa shape index (κ3) is 5.58. The van der Waals surface area contributed by atoms with Crippen molar-refractivity contribution in [1.82, 2.24) is 19.3 Å². The van der Waals surface area contributed by atoms with E-state index in [-0.39, 0.29) is 5.41 Å². The van der Waals surface area contributed by atoms with Gasteiger partial charge in [0.15, 0.2) is 0 Å². The van der Waals surface area contributed by atoms with Gasteiger partial charge in [-0.2, -0.15) is 5.10 Å². The van der Waals surface area contributed by atoms with Crippen LogP contribution >= 0.6 is 0 Å². The van der Waals surface area contributed by atoms with Crippen molar-refractivity contribution >= 4 is 33.2 Å². The predicted molar refractivity (Wildman–Crippen MR) is 195 cm³/mol. The molecule has 47 heavy (non-hydrogen) atoms. The first-order valence-corrected chi connectivity index (χ1v) is 15.9. The van der Waals surface area contributed by atoms with E-state index < -0.39 is 0 Å². The quantitative estimate of drug-likeness (QED) is 0.178. The fraction of sp³-hybridized carbons (Fsp3) is 0.200. The molecule has 0 bridgehead atoms. The van der Waals surface area contributed by atoms with Gasteiger partial charge in [-0.25, -0.2) is 9.67 Å². The fourth-order valence-electron chi connectivity index (χ4n) is 6.26. The Balaban J connectivity index is 1.25. The number of hydrogen-bond donors (Lipinski definition) is 0. The molecule has 0 saturated carbocycles. The summed E-state index contributed by atoms with van der Waals surface area (Å²) in [6.45, 7) is 6.68. The summed E-state index contributed by atoms with van der Waals surface area (Å²) in [7, 11) is 8.28. The molecule has 7 heteroatoms. The van der Waals surface area contributed by atoms with Gasteiger partial charge in [0.05, 0.1) is 22.9 Å². The van der Waals surface area contributed by atoms with Crippen molar-refractivity contribution in [1.29, 1.82) is 0 Å². The van der Waals surface area contributed by atoms with Crippen LogP contribution in [0, 0.1) is 0 Å². The Bertz CT molecular complexity index is 2210. The number of nitrogens with zero attached hydrogens (tertiary/aromatic N) is 6. The van der Waals surface area contributed by atoms with Crippen LogP contribution in [0.5, 0.6) is 11.5 Å². The lowest BCUT2D eigenvalue weighted by atomic mass is 9.88. The molecular formula is C40H40N6O. The Morgan fingerprint density at radius 3 is 2.13 bits per heavy atom. The van der Waals surface area contributed by atoms with Crippen LogP contribution in [0.25, 0.3) is 44.4 Å². The molecule has 0 aliphatic carbocycles. The van der Waals surface area contributed by atoms with E-state index in [2.05, 4.69) is 136 Å². The zero-order chi connectivity index (χ0) is 32.9. The van der Waals surface area contributed by atoms with Gasteiger partial charge in [-0.15, -0.1) is 0 Å². The standard InChI is InChI=1S/C40H40N6O/c1-40(2,3)28-20-21-41-38(22-28)46-34-15-9-8-14-32(34)33-19-18-31(24-37(33)46)47-30-13-10-12-29(23-30)45-26-27(25-42-45)39-35(43(4)5)16-11-17-36(39)44(6)7/h8-26H,1-7H3. The van der Waals surface area contributed by atoms with Gasteiger partial charge in [0, 0.05) is 86.0 Å². The summed E-state index contributed by atoms with van der Waals surface area (Å²) in [5.74, 6) is 2.38. The van der Waals surface area contributed by atoms with Gasteiger partial charge < -0.3 is 14.5 Å². The second-order valence-corrected chi connectivity index (χ2v) is 13.4. The number of aromatic nitrogens is 4. The van der Waals surface area contributed by atoms with Crippen LogP contribution in [0.3, 0.4) is 0 Å². The summed E-state index contributed by atoms with van der Waals surface area (Å²) in [6.07, 6.45) is 5.92. The lowest BCUT2D eigenvalue weighted by molar-refractivity contribution is 0.483. The summed E-state index contributed by atoms with van der Waals surface area (Å²) in [4.78, 5) is 9.10. The molecule has 4 aromatic carbocycles. The number of fused-ring (bicyclic) bond motifs is 3. The van der Waals surface area contributed by atoms with Crippen LogP contribution in [0.15, 0.2) is 116 Å². The Kier molecular flexibility index (Phi) is 7.47. The van der Waals surface area contributed by atoms with Gasteiger partial charge in [-0.05, 0) is 65.6 Å². The number of rotatable bonds is 7. The van der Waals surface area contributed by atoms with Crippen molar-refractivity contribution in [2.75, 3.05) is 38.0 Å². The largest absolute Gasteiger partial charge is 0.457 e. The van der Waals surface area contributed by atoms with Crippen LogP contribution < -0.4 is 14.5 Å². The molecule has 0 aliphatic heterocycles. The van der Waals surface area contributed by atoms with Crippen LogP contribution in [-0.2, 0) is 5.41 Å². The van der Waals surface area contributed by atoms with E-state index in [1.807, 2.05) is 47.4 Å². The molecule has 3 heterocycles. The molecule has 0 saturated heterocycles. The number of pyridine rings is 1. The molecule has 7 rings (SSSR count). The summed E-state index contributed by atoms with van der Waals surface area (Å²) < 4.78 is 10.7. The molecule has 236 valence electrons. The Labute approximate surface area is 276 Å². The van der Waals surface area contributed by atoms with Crippen molar-refractivity contribution in [3.8, 4) is 34.1 Å². The van der Waals surface area contributed by atoms with Crippen LogP contribution in [0.2, 0.25) is 0 Å². The normalized spacial score (nSPS) is 11.7. The Hall–Kier alpha value is -5.56. The SMILES string of the molecule is CN(C)c1cccc(N(C)C)c1-c1cnn(-c2cccc(Oc3ccc4c5ccccc5n(-c5cc(C(C)(C)C)ccn5)c4c3)c2)c1. The second kappa shape index (κ2) is 11.7. The minimum atomic E-state index is 0.00938. The highest BCUT2D eigenvalue weighted by Gasteiger charge is 2.19. The first-order chi connectivity index (χ1) is 22.6. The van der Waals surface area contributed by atoms with Crippen LogP contribution in [0.1, 0.15) is 26.3 Å². The average molecular weight is 621 g/mol. The second-order valence-electron chi connectivity index (χ2n) is 13.4. The van der Waals surface area contributed by atoms with Crippen LogP contribution in [0.4, 0.5) is 11.4 Å². The molecular weight excluding hydrogens is 580 g/mol. The van der Waals surface area contributed by atoms with E-state index in [1.54, 1.807) is 0 Å². The summed E-state index contributed by atoms with van der Waals surface area (Å²) >= 11 is 0. The van der Waals surface area contributed by atoms with Gasteiger partial charge in [-0.1, -0.05) is 51.1 Å². The topological polar surface area (TPSA) is 51.4 Å². The van der Waals surface area contributed by atoms with Gasteiger partial charge in [0.1, 0.15) is 17.3 Å². The lowest BCUT2D eigenvalue weighted by Gasteiger charge is -2.23. The average Bonchev–Trinajstić information content (AvgIpc) is 3.67.